The van der Waals surface area contributed by atoms with Crippen LogP contribution in [-0.4, -0.2) is 5.78 Å². The lowest BCUT2D eigenvalue weighted by Gasteiger charge is -2.12. The number of rotatable bonds is 6. The third kappa shape index (κ3) is 4.07. The number of hydrogen-bond donors (Lipinski definition) is 0. The predicted molar refractivity (Wildman–Crippen MR) is 92.3 cm³/mol. The van der Waals surface area contributed by atoms with Crippen LogP contribution >= 0.6 is 0 Å². The van der Waals surface area contributed by atoms with Crippen LogP contribution in [0.15, 0.2) is 89.6 Å². The monoisotopic (exact) mass is 302 g/mol. The van der Waals surface area contributed by atoms with Crippen molar-refractivity contribution >= 4 is 11.9 Å². The highest BCUT2D eigenvalue weighted by atomic mass is 16.3. The molecule has 0 amide bonds. The molecule has 2 aromatic carbocycles. The standard InChI is InChI=1S/C21H18O2/c22-20(21-12-7-15-23-21)16-19(18-10-5-2-6-11-18)14-13-17-8-3-1-4-9-17/h1-15,19H,16H2/b14-13+. The highest BCUT2D eigenvalue weighted by molar-refractivity contribution is 5.94. The Morgan fingerprint density at radius 1 is 0.913 bits per heavy atom. The number of furan rings is 1. The van der Waals surface area contributed by atoms with Gasteiger partial charge in [0, 0.05) is 12.3 Å². The SMILES string of the molecule is O=C(CC(/C=C/c1ccccc1)c1ccccc1)c1ccco1. The van der Waals surface area contributed by atoms with Crippen molar-refractivity contribution < 1.29 is 9.21 Å². The number of benzene rings is 2. The van der Waals surface area contributed by atoms with Crippen LogP contribution in [0.4, 0.5) is 0 Å². The van der Waals surface area contributed by atoms with Gasteiger partial charge in [0.25, 0.3) is 0 Å². The molecule has 114 valence electrons. The van der Waals surface area contributed by atoms with Gasteiger partial charge < -0.3 is 4.42 Å². The van der Waals surface area contributed by atoms with E-state index in [-0.39, 0.29) is 11.7 Å². The molecule has 0 fully saturated rings. The molecule has 0 saturated carbocycles. The Balaban J connectivity index is 1.82. The van der Waals surface area contributed by atoms with Crippen molar-refractivity contribution in [3.8, 4) is 0 Å². The molecule has 3 rings (SSSR count). The third-order valence-corrected chi connectivity index (χ3v) is 3.75. The van der Waals surface area contributed by atoms with Crippen LogP contribution in [-0.2, 0) is 0 Å². The summed E-state index contributed by atoms with van der Waals surface area (Å²) in [7, 11) is 0. The van der Waals surface area contributed by atoms with Gasteiger partial charge in [0.15, 0.2) is 11.5 Å². The van der Waals surface area contributed by atoms with E-state index in [1.54, 1.807) is 12.1 Å². The highest BCUT2D eigenvalue weighted by Crippen LogP contribution is 2.24. The molecule has 0 aliphatic heterocycles. The van der Waals surface area contributed by atoms with Gasteiger partial charge in [-0.3, -0.25) is 4.79 Å². The van der Waals surface area contributed by atoms with Crippen molar-refractivity contribution in [2.24, 2.45) is 0 Å². The van der Waals surface area contributed by atoms with E-state index in [0.717, 1.165) is 11.1 Å². The second-order valence-corrected chi connectivity index (χ2v) is 5.39. The fourth-order valence-electron chi connectivity index (χ4n) is 2.53. The normalized spacial score (nSPS) is 12.3. The van der Waals surface area contributed by atoms with Gasteiger partial charge in [-0.25, -0.2) is 0 Å². The molecule has 2 heteroatoms. The highest BCUT2D eigenvalue weighted by Gasteiger charge is 2.16. The molecule has 23 heavy (non-hydrogen) atoms. The Morgan fingerprint density at radius 3 is 2.26 bits per heavy atom. The van der Waals surface area contributed by atoms with E-state index in [2.05, 4.69) is 24.3 Å². The van der Waals surface area contributed by atoms with E-state index >= 15 is 0 Å². The second-order valence-electron chi connectivity index (χ2n) is 5.39. The summed E-state index contributed by atoms with van der Waals surface area (Å²) >= 11 is 0. The molecule has 1 atom stereocenters. The van der Waals surface area contributed by atoms with E-state index < -0.39 is 0 Å². The van der Waals surface area contributed by atoms with Gasteiger partial charge in [-0.15, -0.1) is 0 Å². The lowest BCUT2D eigenvalue weighted by molar-refractivity contribution is 0.0951. The first-order valence-corrected chi connectivity index (χ1v) is 7.68. The van der Waals surface area contributed by atoms with Crippen molar-refractivity contribution in [1.29, 1.82) is 0 Å². The minimum Gasteiger partial charge on any atom is -0.461 e. The molecule has 2 nitrogen and oxygen atoms in total. The van der Waals surface area contributed by atoms with Gasteiger partial charge in [-0.1, -0.05) is 72.8 Å². The molecule has 0 bridgehead atoms. The minimum atomic E-state index is 0.0153. The van der Waals surface area contributed by atoms with Crippen LogP contribution in [0, 0.1) is 0 Å². The maximum absolute atomic E-state index is 12.4. The molecule has 1 unspecified atom stereocenters. The molecule has 0 radical (unpaired) electrons. The maximum Gasteiger partial charge on any atom is 0.198 e. The van der Waals surface area contributed by atoms with Crippen LogP contribution < -0.4 is 0 Å². The topological polar surface area (TPSA) is 30.2 Å². The lowest BCUT2D eigenvalue weighted by atomic mass is 9.92. The first-order chi connectivity index (χ1) is 11.3. The molecule has 3 aromatic rings. The van der Waals surface area contributed by atoms with E-state index in [1.807, 2.05) is 48.5 Å². The lowest BCUT2D eigenvalue weighted by Crippen LogP contribution is -2.05. The smallest absolute Gasteiger partial charge is 0.198 e. The average molecular weight is 302 g/mol. The zero-order valence-corrected chi connectivity index (χ0v) is 12.8. The summed E-state index contributed by atoms with van der Waals surface area (Å²) < 4.78 is 5.22. The van der Waals surface area contributed by atoms with Gasteiger partial charge in [0.05, 0.1) is 6.26 Å². The zero-order valence-electron chi connectivity index (χ0n) is 12.8. The number of hydrogen-bond acceptors (Lipinski definition) is 2. The number of Topliss-reactive ketones (excluding diaryl/α,β-unsaturated/α-hetero) is 1. The first kappa shape index (κ1) is 15.0. The fourth-order valence-corrected chi connectivity index (χ4v) is 2.53. The Morgan fingerprint density at radius 2 is 1.61 bits per heavy atom. The Kier molecular flexibility index (Phi) is 4.85. The van der Waals surface area contributed by atoms with Crippen molar-refractivity contribution in [3.05, 3.63) is 102 Å². The number of carbonyl (C=O) groups excluding carboxylic acids is 1. The largest absolute Gasteiger partial charge is 0.461 e. The second kappa shape index (κ2) is 7.41. The third-order valence-electron chi connectivity index (χ3n) is 3.75. The molecule has 0 saturated heterocycles. The summed E-state index contributed by atoms with van der Waals surface area (Å²) in [5.74, 6) is 0.453. The van der Waals surface area contributed by atoms with Crippen molar-refractivity contribution in [1.82, 2.24) is 0 Å². The molecule has 1 heterocycles. The molecule has 0 spiro atoms. The van der Waals surface area contributed by atoms with Crippen LogP contribution in [0.1, 0.15) is 34.0 Å². The molecule has 1 aromatic heterocycles. The minimum absolute atomic E-state index is 0.0153. The Hall–Kier alpha value is -2.87. The summed E-state index contributed by atoms with van der Waals surface area (Å²) in [6, 6.07) is 23.6. The van der Waals surface area contributed by atoms with Crippen molar-refractivity contribution in [2.45, 2.75) is 12.3 Å². The Labute approximate surface area is 136 Å². The summed E-state index contributed by atoms with van der Waals surface area (Å²) in [6.07, 6.45) is 6.07. The summed E-state index contributed by atoms with van der Waals surface area (Å²) in [4.78, 5) is 12.4. The summed E-state index contributed by atoms with van der Waals surface area (Å²) in [5.41, 5.74) is 2.25. The van der Waals surface area contributed by atoms with Crippen molar-refractivity contribution in [2.75, 3.05) is 0 Å². The van der Waals surface area contributed by atoms with Gasteiger partial charge in [0.2, 0.25) is 0 Å². The Bertz CT molecular complexity index is 756. The van der Waals surface area contributed by atoms with Crippen molar-refractivity contribution in [3.63, 3.8) is 0 Å². The quantitative estimate of drug-likeness (QED) is 0.575. The molecular formula is C21H18O2. The predicted octanol–water partition coefficient (Wildman–Crippen LogP) is 5.35. The van der Waals surface area contributed by atoms with E-state index in [4.69, 9.17) is 4.42 Å². The molecular weight excluding hydrogens is 284 g/mol. The van der Waals surface area contributed by atoms with Crippen LogP contribution in [0.2, 0.25) is 0 Å². The van der Waals surface area contributed by atoms with Crippen LogP contribution in [0.5, 0.6) is 0 Å². The number of allylic oxidation sites excluding steroid dienone is 1. The van der Waals surface area contributed by atoms with Gasteiger partial charge in [0.1, 0.15) is 0 Å². The zero-order chi connectivity index (χ0) is 15.9. The summed E-state index contributed by atoms with van der Waals surface area (Å²) in [6.45, 7) is 0. The fraction of sp³-hybridized carbons (Fsp3) is 0.0952. The molecule has 0 N–H and O–H groups in total. The van der Waals surface area contributed by atoms with E-state index in [9.17, 15) is 4.79 Å². The van der Waals surface area contributed by atoms with Crippen LogP contribution in [0.3, 0.4) is 0 Å². The summed E-state index contributed by atoms with van der Waals surface area (Å²) in [5, 5.41) is 0. The molecule has 0 aliphatic rings. The van der Waals surface area contributed by atoms with Gasteiger partial charge >= 0.3 is 0 Å². The van der Waals surface area contributed by atoms with Gasteiger partial charge in [-0.2, -0.15) is 0 Å². The van der Waals surface area contributed by atoms with Crippen LogP contribution in [0.25, 0.3) is 6.08 Å². The van der Waals surface area contributed by atoms with E-state index in [0.29, 0.717) is 12.2 Å². The number of ketones is 1. The van der Waals surface area contributed by atoms with Gasteiger partial charge in [-0.05, 0) is 23.3 Å². The number of carbonyl (C=O) groups is 1. The maximum atomic E-state index is 12.4. The average Bonchev–Trinajstić information content (AvgIpc) is 3.15. The molecule has 0 aliphatic carbocycles. The van der Waals surface area contributed by atoms with E-state index in [1.165, 1.54) is 6.26 Å². The first-order valence-electron chi connectivity index (χ1n) is 7.68.